The van der Waals surface area contributed by atoms with Gasteiger partial charge in [0.05, 0.1) is 19.1 Å². The van der Waals surface area contributed by atoms with Crippen LogP contribution in [-0.4, -0.2) is 43.6 Å². The largest absolute Gasteiger partial charge is 0.493 e. The summed E-state index contributed by atoms with van der Waals surface area (Å²) in [6.45, 7) is 3.50. The molecule has 1 heterocycles. The predicted octanol–water partition coefficient (Wildman–Crippen LogP) is 3.04. The van der Waals surface area contributed by atoms with Gasteiger partial charge in [0, 0.05) is 22.6 Å². The minimum Gasteiger partial charge on any atom is -0.493 e. The van der Waals surface area contributed by atoms with Crippen molar-refractivity contribution in [2.75, 3.05) is 24.3 Å². The second-order valence-electron chi connectivity index (χ2n) is 7.08. The number of hydrogen-bond donors (Lipinski definition) is 3. The van der Waals surface area contributed by atoms with Crippen LogP contribution >= 0.6 is 12.2 Å². The fourth-order valence-corrected chi connectivity index (χ4v) is 4.14. The summed E-state index contributed by atoms with van der Waals surface area (Å²) >= 11 is 5.19. The summed E-state index contributed by atoms with van der Waals surface area (Å²) in [6.07, 6.45) is 0. The molecule has 0 spiro atoms. The van der Waals surface area contributed by atoms with E-state index in [4.69, 9.17) is 21.7 Å². The Kier molecular flexibility index (Phi) is 7.64. The van der Waals surface area contributed by atoms with Crippen LogP contribution in [-0.2, 0) is 10.0 Å². The average molecular weight is 502 g/mol. The Morgan fingerprint density at radius 2 is 1.53 bits per heavy atom. The summed E-state index contributed by atoms with van der Waals surface area (Å²) in [5.74, 6) is 0.452. The maximum Gasteiger partial charge on any atom is 0.264 e. The van der Waals surface area contributed by atoms with Gasteiger partial charge in [-0.2, -0.15) is 0 Å². The van der Waals surface area contributed by atoms with Gasteiger partial charge in [-0.05, 0) is 74.6 Å². The number of aromatic nitrogens is 2. The lowest BCUT2D eigenvalue weighted by Crippen LogP contribution is -2.34. The Morgan fingerprint density at radius 3 is 2.12 bits per heavy atom. The summed E-state index contributed by atoms with van der Waals surface area (Å²) < 4.78 is 38.0. The van der Waals surface area contributed by atoms with Crippen molar-refractivity contribution in [2.24, 2.45) is 0 Å². The van der Waals surface area contributed by atoms with E-state index in [-0.39, 0.29) is 16.0 Å². The van der Waals surface area contributed by atoms with Crippen LogP contribution < -0.4 is 24.8 Å². The first kappa shape index (κ1) is 24.9. The van der Waals surface area contributed by atoms with Crippen molar-refractivity contribution in [3.63, 3.8) is 0 Å². The average Bonchev–Trinajstić information content (AvgIpc) is 2.77. The SMILES string of the molecule is COc1ccc(C(=O)NC(=S)Nc2ccc(S(=O)(=O)Nc3nc(C)cc(C)n3)cc2)cc1OC. The number of amides is 1. The number of thiocarbonyl (C=S) groups is 1. The lowest BCUT2D eigenvalue weighted by Gasteiger charge is -2.12. The minimum absolute atomic E-state index is 0.00115. The molecular formula is C22H23N5O5S2. The molecule has 0 bridgehead atoms. The molecule has 0 radical (unpaired) electrons. The van der Waals surface area contributed by atoms with E-state index in [0.29, 0.717) is 34.1 Å². The Labute approximate surface area is 202 Å². The van der Waals surface area contributed by atoms with E-state index in [1.165, 1.54) is 44.6 Å². The Bertz CT molecular complexity index is 1310. The molecule has 2 aromatic carbocycles. The van der Waals surface area contributed by atoms with E-state index in [1.807, 2.05) is 0 Å². The molecule has 0 saturated carbocycles. The molecule has 12 heteroatoms. The van der Waals surface area contributed by atoms with Gasteiger partial charge in [0.25, 0.3) is 15.9 Å². The number of aryl methyl sites for hydroxylation is 2. The molecule has 0 unspecified atom stereocenters. The van der Waals surface area contributed by atoms with Crippen LogP contribution in [0.2, 0.25) is 0 Å². The molecule has 3 aromatic rings. The van der Waals surface area contributed by atoms with Gasteiger partial charge in [0.2, 0.25) is 5.95 Å². The highest BCUT2D eigenvalue weighted by Gasteiger charge is 2.17. The van der Waals surface area contributed by atoms with Gasteiger partial charge in [0.15, 0.2) is 16.6 Å². The van der Waals surface area contributed by atoms with Gasteiger partial charge in [-0.1, -0.05) is 0 Å². The quantitative estimate of drug-likeness (QED) is 0.418. The molecular weight excluding hydrogens is 478 g/mol. The maximum atomic E-state index is 12.6. The number of nitrogens with one attached hydrogen (secondary N) is 3. The van der Waals surface area contributed by atoms with Gasteiger partial charge >= 0.3 is 0 Å². The zero-order valence-corrected chi connectivity index (χ0v) is 20.5. The van der Waals surface area contributed by atoms with Gasteiger partial charge in [-0.25, -0.2) is 23.1 Å². The molecule has 34 heavy (non-hydrogen) atoms. The standard InChI is InChI=1S/C22H23N5O5S2/c1-13-11-14(2)24-21(23-13)27-34(29,30)17-8-6-16(7-9-17)25-22(33)26-20(28)15-5-10-18(31-3)19(12-15)32-4/h5-12H,1-4H3,(H,23,24,27)(H2,25,26,28,33). The molecule has 0 aliphatic heterocycles. The molecule has 3 N–H and O–H groups in total. The third kappa shape index (κ3) is 6.17. The molecule has 0 aliphatic carbocycles. The topological polar surface area (TPSA) is 132 Å². The third-order valence-corrected chi connectivity index (χ3v) is 6.05. The molecule has 0 atom stereocenters. The number of hydrogen-bond acceptors (Lipinski definition) is 8. The van der Waals surface area contributed by atoms with Crippen LogP contribution in [0, 0.1) is 13.8 Å². The first-order valence-electron chi connectivity index (χ1n) is 9.91. The van der Waals surface area contributed by atoms with Crippen molar-refractivity contribution in [1.29, 1.82) is 0 Å². The Balaban J connectivity index is 1.64. The number of carbonyl (C=O) groups is 1. The molecule has 178 valence electrons. The highest BCUT2D eigenvalue weighted by molar-refractivity contribution is 7.92. The molecule has 0 fully saturated rings. The molecule has 10 nitrogen and oxygen atoms in total. The van der Waals surface area contributed by atoms with Crippen molar-refractivity contribution >= 4 is 44.9 Å². The van der Waals surface area contributed by atoms with E-state index in [1.54, 1.807) is 32.0 Å². The van der Waals surface area contributed by atoms with Crippen LogP contribution in [0.1, 0.15) is 21.7 Å². The number of rotatable bonds is 7. The molecule has 1 aromatic heterocycles. The predicted molar refractivity (Wildman–Crippen MR) is 132 cm³/mol. The number of nitrogens with zero attached hydrogens (tertiary/aromatic N) is 2. The summed E-state index contributed by atoms with van der Waals surface area (Å²) in [6, 6.07) is 12.3. The van der Waals surface area contributed by atoms with E-state index < -0.39 is 15.9 Å². The van der Waals surface area contributed by atoms with Gasteiger partial charge in [-0.15, -0.1) is 0 Å². The van der Waals surface area contributed by atoms with Crippen LogP contribution in [0.25, 0.3) is 0 Å². The maximum absolute atomic E-state index is 12.6. The lowest BCUT2D eigenvalue weighted by atomic mass is 10.2. The number of ether oxygens (including phenoxy) is 2. The monoisotopic (exact) mass is 501 g/mol. The fourth-order valence-electron chi connectivity index (χ4n) is 2.98. The number of carbonyl (C=O) groups excluding carboxylic acids is 1. The van der Waals surface area contributed by atoms with Gasteiger partial charge < -0.3 is 14.8 Å². The first-order chi connectivity index (χ1) is 16.1. The summed E-state index contributed by atoms with van der Waals surface area (Å²) in [7, 11) is -0.914. The van der Waals surface area contributed by atoms with Crippen LogP contribution in [0.15, 0.2) is 53.4 Å². The molecule has 0 saturated heterocycles. The van der Waals surface area contributed by atoms with E-state index in [0.717, 1.165) is 0 Å². The van der Waals surface area contributed by atoms with Crippen LogP contribution in [0.4, 0.5) is 11.6 Å². The normalized spacial score (nSPS) is 10.8. The zero-order valence-electron chi connectivity index (χ0n) is 18.9. The summed E-state index contributed by atoms with van der Waals surface area (Å²) in [5, 5.41) is 5.44. The van der Waals surface area contributed by atoms with Gasteiger partial charge in [-0.3, -0.25) is 10.1 Å². The van der Waals surface area contributed by atoms with Crippen molar-refractivity contribution in [3.8, 4) is 11.5 Å². The van der Waals surface area contributed by atoms with E-state index >= 15 is 0 Å². The molecule has 0 aliphatic rings. The molecule has 1 amide bonds. The Hall–Kier alpha value is -3.77. The first-order valence-corrected chi connectivity index (χ1v) is 11.8. The third-order valence-electron chi connectivity index (χ3n) is 4.50. The van der Waals surface area contributed by atoms with Crippen LogP contribution in [0.5, 0.6) is 11.5 Å². The number of methoxy groups -OCH3 is 2. The van der Waals surface area contributed by atoms with E-state index in [2.05, 4.69) is 25.3 Å². The van der Waals surface area contributed by atoms with Gasteiger partial charge in [0.1, 0.15) is 0 Å². The van der Waals surface area contributed by atoms with Crippen molar-refractivity contribution in [3.05, 3.63) is 65.5 Å². The zero-order chi connectivity index (χ0) is 24.9. The minimum atomic E-state index is -3.89. The molecule has 3 rings (SSSR count). The second-order valence-corrected chi connectivity index (χ2v) is 9.17. The highest BCUT2D eigenvalue weighted by Crippen LogP contribution is 2.27. The second kappa shape index (κ2) is 10.4. The smallest absolute Gasteiger partial charge is 0.264 e. The van der Waals surface area contributed by atoms with Crippen molar-refractivity contribution in [2.45, 2.75) is 18.7 Å². The van der Waals surface area contributed by atoms with E-state index in [9.17, 15) is 13.2 Å². The summed E-state index contributed by atoms with van der Waals surface area (Å²) in [5.41, 5.74) is 2.10. The van der Waals surface area contributed by atoms with Crippen LogP contribution in [0.3, 0.4) is 0 Å². The number of benzene rings is 2. The number of sulfonamides is 1. The van der Waals surface area contributed by atoms with Crippen molar-refractivity contribution < 1.29 is 22.7 Å². The van der Waals surface area contributed by atoms with Crippen molar-refractivity contribution in [1.82, 2.24) is 15.3 Å². The highest BCUT2D eigenvalue weighted by atomic mass is 32.2. The number of anilines is 2. The fraction of sp³-hybridized carbons (Fsp3) is 0.182. The summed E-state index contributed by atoms with van der Waals surface area (Å²) in [4.78, 5) is 20.7. The lowest BCUT2D eigenvalue weighted by molar-refractivity contribution is 0.0977. The Morgan fingerprint density at radius 1 is 0.912 bits per heavy atom.